The van der Waals surface area contributed by atoms with Crippen molar-refractivity contribution in [1.82, 2.24) is 15.3 Å². The number of aromatic nitrogens is 2. The summed E-state index contributed by atoms with van der Waals surface area (Å²) in [6.07, 6.45) is 1.08. The molecule has 0 bridgehead atoms. The molecule has 24 heavy (non-hydrogen) atoms. The van der Waals surface area contributed by atoms with Crippen LogP contribution in [-0.2, 0) is 11.2 Å². The molecule has 0 saturated carbocycles. The number of morpholine rings is 1. The first-order valence-electron chi connectivity index (χ1n) is 7.92. The van der Waals surface area contributed by atoms with Gasteiger partial charge in [0.25, 0.3) is 5.88 Å². The van der Waals surface area contributed by atoms with Crippen LogP contribution in [0.5, 0.6) is 5.88 Å². The van der Waals surface area contributed by atoms with E-state index in [1.807, 2.05) is 6.07 Å². The zero-order valence-corrected chi connectivity index (χ0v) is 13.4. The second-order valence-electron chi connectivity index (χ2n) is 5.47. The van der Waals surface area contributed by atoms with E-state index in [2.05, 4.69) is 15.3 Å². The van der Waals surface area contributed by atoms with Gasteiger partial charge in [-0.2, -0.15) is 9.37 Å². The lowest BCUT2D eigenvalue weighted by Gasteiger charge is -2.24. The van der Waals surface area contributed by atoms with Gasteiger partial charge in [-0.3, -0.25) is 0 Å². The lowest BCUT2D eigenvalue weighted by atomic mass is 10.0. The van der Waals surface area contributed by atoms with Gasteiger partial charge in [-0.15, -0.1) is 0 Å². The standard InChI is InChI=1S/C17H19F2N3O2/c1-2-23-17-14(19)9-21-16(22-17)8-11-3-4-12(13(18)7-11)15-10-20-5-6-24-15/h3-4,7,9,15,20H,2,5-6,8,10H2,1H3/t15-/m0/s1. The van der Waals surface area contributed by atoms with E-state index >= 15 is 0 Å². The van der Waals surface area contributed by atoms with Gasteiger partial charge in [0, 0.05) is 25.1 Å². The summed E-state index contributed by atoms with van der Waals surface area (Å²) in [7, 11) is 0. The molecule has 1 N–H and O–H groups in total. The summed E-state index contributed by atoms with van der Waals surface area (Å²) in [6, 6.07) is 4.97. The molecule has 128 valence electrons. The fourth-order valence-corrected chi connectivity index (χ4v) is 2.60. The minimum Gasteiger partial charge on any atom is -0.476 e. The Morgan fingerprint density at radius 1 is 1.33 bits per heavy atom. The van der Waals surface area contributed by atoms with Crippen LogP contribution in [0, 0.1) is 11.6 Å². The lowest BCUT2D eigenvalue weighted by Crippen LogP contribution is -2.33. The SMILES string of the molecule is CCOc1nc(Cc2ccc([C@@H]3CNCCO3)c(F)c2)ncc1F. The maximum atomic E-state index is 14.4. The second-order valence-corrected chi connectivity index (χ2v) is 5.47. The van der Waals surface area contributed by atoms with E-state index in [0.29, 0.717) is 43.1 Å². The molecular formula is C17H19F2N3O2. The lowest BCUT2D eigenvalue weighted by molar-refractivity contribution is 0.0255. The summed E-state index contributed by atoms with van der Waals surface area (Å²) < 4.78 is 38.5. The van der Waals surface area contributed by atoms with Crippen LogP contribution in [-0.4, -0.2) is 36.3 Å². The molecule has 1 atom stereocenters. The van der Waals surface area contributed by atoms with Crippen molar-refractivity contribution in [3.05, 3.63) is 53.0 Å². The van der Waals surface area contributed by atoms with Gasteiger partial charge in [-0.05, 0) is 18.6 Å². The Hall–Kier alpha value is -2.12. The number of benzene rings is 1. The molecule has 5 nitrogen and oxygen atoms in total. The van der Waals surface area contributed by atoms with Crippen molar-refractivity contribution in [1.29, 1.82) is 0 Å². The minimum absolute atomic E-state index is 0.0822. The number of nitrogens with one attached hydrogen (secondary N) is 1. The number of hydrogen-bond donors (Lipinski definition) is 1. The third-order valence-corrected chi connectivity index (χ3v) is 3.74. The Labute approximate surface area is 139 Å². The molecule has 2 heterocycles. The van der Waals surface area contributed by atoms with Crippen LogP contribution in [0.3, 0.4) is 0 Å². The van der Waals surface area contributed by atoms with Gasteiger partial charge in [0.2, 0.25) is 5.82 Å². The second kappa shape index (κ2) is 7.63. The first-order chi connectivity index (χ1) is 11.7. The van der Waals surface area contributed by atoms with Crippen molar-refractivity contribution in [2.45, 2.75) is 19.4 Å². The van der Waals surface area contributed by atoms with E-state index in [9.17, 15) is 8.78 Å². The van der Waals surface area contributed by atoms with E-state index in [-0.39, 0.29) is 17.8 Å². The minimum atomic E-state index is -0.607. The molecule has 0 amide bonds. The number of ether oxygens (including phenoxy) is 2. The molecule has 1 aliphatic rings. The van der Waals surface area contributed by atoms with Crippen molar-refractivity contribution in [2.75, 3.05) is 26.3 Å². The van der Waals surface area contributed by atoms with Gasteiger partial charge in [-0.25, -0.2) is 9.37 Å². The van der Waals surface area contributed by atoms with Crippen LogP contribution >= 0.6 is 0 Å². The highest BCUT2D eigenvalue weighted by atomic mass is 19.1. The maximum absolute atomic E-state index is 14.4. The third kappa shape index (κ3) is 3.85. The monoisotopic (exact) mass is 335 g/mol. The van der Waals surface area contributed by atoms with Crippen molar-refractivity contribution >= 4 is 0 Å². The van der Waals surface area contributed by atoms with Gasteiger partial charge < -0.3 is 14.8 Å². The molecule has 0 radical (unpaired) electrons. The van der Waals surface area contributed by atoms with Crippen LogP contribution < -0.4 is 10.1 Å². The van der Waals surface area contributed by atoms with Gasteiger partial charge in [0.15, 0.2) is 0 Å². The quantitative estimate of drug-likeness (QED) is 0.909. The summed E-state index contributed by atoms with van der Waals surface area (Å²) in [5.41, 5.74) is 1.23. The summed E-state index contributed by atoms with van der Waals surface area (Å²) >= 11 is 0. The summed E-state index contributed by atoms with van der Waals surface area (Å²) in [5.74, 6) is -0.638. The first kappa shape index (κ1) is 16.7. The van der Waals surface area contributed by atoms with Gasteiger partial charge in [0.05, 0.1) is 25.5 Å². The molecule has 1 aromatic heterocycles. The average Bonchev–Trinajstić information content (AvgIpc) is 2.59. The molecule has 1 saturated heterocycles. The number of nitrogens with zero attached hydrogens (tertiary/aromatic N) is 2. The highest BCUT2D eigenvalue weighted by Crippen LogP contribution is 2.23. The fraction of sp³-hybridized carbons (Fsp3) is 0.412. The van der Waals surface area contributed by atoms with Crippen molar-refractivity contribution < 1.29 is 18.3 Å². The Morgan fingerprint density at radius 3 is 2.92 bits per heavy atom. The number of rotatable bonds is 5. The Balaban J connectivity index is 1.76. The molecule has 1 aliphatic heterocycles. The summed E-state index contributed by atoms with van der Waals surface area (Å²) in [5, 5.41) is 3.18. The van der Waals surface area contributed by atoms with Crippen LogP contribution in [0.4, 0.5) is 8.78 Å². The van der Waals surface area contributed by atoms with Gasteiger partial charge >= 0.3 is 0 Å². The largest absolute Gasteiger partial charge is 0.476 e. The fourth-order valence-electron chi connectivity index (χ4n) is 2.60. The molecule has 0 unspecified atom stereocenters. The van der Waals surface area contributed by atoms with E-state index in [1.165, 1.54) is 6.07 Å². The third-order valence-electron chi connectivity index (χ3n) is 3.74. The molecule has 1 aromatic carbocycles. The van der Waals surface area contributed by atoms with Crippen LogP contribution in [0.15, 0.2) is 24.4 Å². The predicted molar refractivity (Wildman–Crippen MR) is 83.9 cm³/mol. The number of hydrogen-bond acceptors (Lipinski definition) is 5. The normalized spacial score (nSPS) is 17.7. The Kier molecular flexibility index (Phi) is 5.32. The summed E-state index contributed by atoms with van der Waals surface area (Å²) in [6.45, 7) is 3.99. The van der Waals surface area contributed by atoms with Gasteiger partial charge in [-0.1, -0.05) is 12.1 Å². The molecule has 0 aliphatic carbocycles. The van der Waals surface area contributed by atoms with Crippen LogP contribution in [0.1, 0.15) is 30.0 Å². The van der Waals surface area contributed by atoms with Crippen molar-refractivity contribution in [3.8, 4) is 5.88 Å². The smallest absolute Gasteiger partial charge is 0.253 e. The van der Waals surface area contributed by atoms with Crippen molar-refractivity contribution in [2.24, 2.45) is 0 Å². The van der Waals surface area contributed by atoms with E-state index in [0.717, 1.165) is 12.7 Å². The Bertz CT molecular complexity index is 706. The van der Waals surface area contributed by atoms with E-state index in [4.69, 9.17) is 9.47 Å². The molecule has 7 heteroatoms. The molecule has 0 spiro atoms. The molecule has 3 rings (SSSR count). The van der Waals surface area contributed by atoms with Crippen LogP contribution in [0.2, 0.25) is 0 Å². The number of halogens is 2. The zero-order chi connectivity index (χ0) is 16.9. The van der Waals surface area contributed by atoms with Gasteiger partial charge in [0.1, 0.15) is 11.6 Å². The van der Waals surface area contributed by atoms with E-state index in [1.54, 1.807) is 13.0 Å². The summed E-state index contributed by atoms with van der Waals surface area (Å²) in [4.78, 5) is 7.97. The molecule has 2 aromatic rings. The van der Waals surface area contributed by atoms with Crippen molar-refractivity contribution in [3.63, 3.8) is 0 Å². The predicted octanol–water partition coefficient (Wildman–Crippen LogP) is 2.41. The Morgan fingerprint density at radius 2 is 2.21 bits per heavy atom. The molecular weight excluding hydrogens is 316 g/mol. The van der Waals surface area contributed by atoms with Crippen LogP contribution in [0.25, 0.3) is 0 Å². The van der Waals surface area contributed by atoms with E-state index < -0.39 is 5.82 Å². The maximum Gasteiger partial charge on any atom is 0.253 e. The highest BCUT2D eigenvalue weighted by molar-refractivity contribution is 5.29. The first-order valence-corrected chi connectivity index (χ1v) is 7.92. The zero-order valence-electron chi connectivity index (χ0n) is 13.4. The highest BCUT2D eigenvalue weighted by Gasteiger charge is 2.19. The topological polar surface area (TPSA) is 56.3 Å². The average molecular weight is 335 g/mol. The molecule has 1 fully saturated rings.